The fourth-order valence-corrected chi connectivity index (χ4v) is 3.90. The van der Waals surface area contributed by atoms with E-state index in [4.69, 9.17) is 5.73 Å². The zero-order chi connectivity index (χ0) is 15.6. The van der Waals surface area contributed by atoms with Gasteiger partial charge in [-0.3, -0.25) is 0 Å². The fourth-order valence-electron chi connectivity index (χ4n) is 2.37. The summed E-state index contributed by atoms with van der Waals surface area (Å²) in [5.41, 5.74) is 7.70. The molecule has 22 heavy (non-hydrogen) atoms. The largest absolute Gasteiger partial charge is 0.399 e. The molecule has 0 aromatic heterocycles. The number of benzene rings is 3. The molecular formula is C18H15NO2S. The Balaban J connectivity index is 2.21. The number of rotatable bonds is 3. The Labute approximate surface area is 130 Å². The predicted molar refractivity (Wildman–Crippen MR) is 88.2 cm³/mol. The van der Waals surface area contributed by atoms with E-state index in [2.05, 4.69) is 0 Å². The number of hydrogen-bond donors (Lipinski definition) is 1. The first kappa shape index (κ1) is 14.4. The van der Waals surface area contributed by atoms with Crippen LogP contribution in [0.3, 0.4) is 0 Å². The van der Waals surface area contributed by atoms with E-state index in [1.807, 2.05) is 42.5 Å². The minimum atomic E-state index is -3.62. The van der Waals surface area contributed by atoms with Crippen LogP contribution >= 0.6 is 0 Å². The summed E-state index contributed by atoms with van der Waals surface area (Å²) in [6.07, 6.45) is 0. The van der Waals surface area contributed by atoms with Gasteiger partial charge in [-0.1, -0.05) is 54.6 Å². The zero-order valence-corrected chi connectivity index (χ0v) is 12.6. The van der Waals surface area contributed by atoms with Crippen LogP contribution in [0.1, 0.15) is 0 Å². The van der Waals surface area contributed by atoms with Crippen molar-refractivity contribution < 1.29 is 8.42 Å². The van der Waals surface area contributed by atoms with E-state index in [-0.39, 0.29) is 9.79 Å². The van der Waals surface area contributed by atoms with Gasteiger partial charge in [0, 0.05) is 11.3 Å². The molecule has 0 spiro atoms. The van der Waals surface area contributed by atoms with Crippen molar-refractivity contribution in [1.29, 1.82) is 0 Å². The molecule has 0 aliphatic heterocycles. The van der Waals surface area contributed by atoms with E-state index >= 15 is 0 Å². The number of sulfone groups is 1. The second-order valence-electron chi connectivity index (χ2n) is 4.94. The summed E-state index contributed by atoms with van der Waals surface area (Å²) in [6.45, 7) is 0. The normalized spacial score (nSPS) is 11.3. The van der Waals surface area contributed by atoms with Crippen molar-refractivity contribution >= 4 is 15.5 Å². The number of nitrogens with two attached hydrogens (primary N) is 1. The predicted octanol–water partition coefficient (Wildman–Crippen LogP) is 3.77. The maximum atomic E-state index is 12.9. The summed E-state index contributed by atoms with van der Waals surface area (Å²) in [5, 5.41) is 0. The summed E-state index contributed by atoms with van der Waals surface area (Å²) >= 11 is 0. The molecule has 0 aliphatic carbocycles. The molecule has 4 heteroatoms. The highest BCUT2D eigenvalue weighted by Crippen LogP contribution is 2.31. The van der Waals surface area contributed by atoms with Crippen LogP contribution in [0.5, 0.6) is 0 Å². The Morgan fingerprint density at radius 1 is 0.727 bits per heavy atom. The van der Waals surface area contributed by atoms with Crippen molar-refractivity contribution in [2.75, 3.05) is 5.73 Å². The highest BCUT2D eigenvalue weighted by Gasteiger charge is 2.21. The standard InChI is InChI=1S/C18H15NO2S/c19-15-9-6-10-16(13-15)22(20,21)18-12-5-4-11-17(18)14-7-2-1-3-8-14/h1-13H,19H2. The second-order valence-corrected chi connectivity index (χ2v) is 6.86. The van der Waals surface area contributed by atoms with Crippen LogP contribution in [-0.2, 0) is 9.84 Å². The molecule has 0 aliphatic rings. The lowest BCUT2D eigenvalue weighted by atomic mass is 10.1. The van der Waals surface area contributed by atoms with Crippen molar-refractivity contribution in [3.05, 3.63) is 78.9 Å². The first-order valence-electron chi connectivity index (χ1n) is 6.84. The van der Waals surface area contributed by atoms with Gasteiger partial charge in [0.2, 0.25) is 9.84 Å². The third-order valence-electron chi connectivity index (χ3n) is 3.43. The number of nitrogen functional groups attached to an aromatic ring is 1. The van der Waals surface area contributed by atoms with Crippen LogP contribution in [0.2, 0.25) is 0 Å². The van der Waals surface area contributed by atoms with Crippen molar-refractivity contribution in [2.45, 2.75) is 9.79 Å². The number of hydrogen-bond acceptors (Lipinski definition) is 3. The Bertz CT molecular complexity index is 903. The molecule has 110 valence electrons. The van der Waals surface area contributed by atoms with Crippen LogP contribution in [0.25, 0.3) is 11.1 Å². The van der Waals surface area contributed by atoms with Gasteiger partial charge in [0.25, 0.3) is 0 Å². The van der Waals surface area contributed by atoms with E-state index in [0.29, 0.717) is 11.3 Å². The van der Waals surface area contributed by atoms with E-state index in [1.54, 1.807) is 30.3 Å². The van der Waals surface area contributed by atoms with E-state index < -0.39 is 9.84 Å². The van der Waals surface area contributed by atoms with Gasteiger partial charge in [-0.25, -0.2) is 8.42 Å². The molecule has 0 heterocycles. The molecule has 3 aromatic rings. The summed E-state index contributed by atoms with van der Waals surface area (Å²) < 4.78 is 25.8. The lowest BCUT2D eigenvalue weighted by molar-refractivity contribution is 0.596. The molecule has 0 unspecified atom stereocenters. The Kier molecular flexibility index (Phi) is 3.69. The average molecular weight is 309 g/mol. The van der Waals surface area contributed by atoms with Gasteiger partial charge in [0.05, 0.1) is 9.79 Å². The zero-order valence-electron chi connectivity index (χ0n) is 11.8. The van der Waals surface area contributed by atoms with Gasteiger partial charge in [-0.05, 0) is 29.8 Å². The van der Waals surface area contributed by atoms with Crippen molar-refractivity contribution in [2.24, 2.45) is 0 Å². The summed E-state index contributed by atoms with van der Waals surface area (Å²) in [5.74, 6) is 0. The summed E-state index contributed by atoms with van der Waals surface area (Å²) in [6, 6.07) is 22.8. The van der Waals surface area contributed by atoms with Crippen LogP contribution in [-0.4, -0.2) is 8.42 Å². The lowest BCUT2D eigenvalue weighted by Gasteiger charge is -2.11. The van der Waals surface area contributed by atoms with Gasteiger partial charge in [0.1, 0.15) is 0 Å². The van der Waals surface area contributed by atoms with Crippen LogP contribution in [0, 0.1) is 0 Å². The van der Waals surface area contributed by atoms with Crippen LogP contribution in [0.15, 0.2) is 88.7 Å². The van der Waals surface area contributed by atoms with Gasteiger partial charge >= 0.3 is 0 Å². The molecule has 0 bridgehead atoms. The second kappa shape index (κ2) is 5.66. The van der Waals surface area contributed by atoms with Crippen LogP contribution in [0.4, 0.5) is 5.69 Å². The smallest absolute Gasteiger partial charge is 0.207 e. The molecule has 3 rings (SSSR count). The van der Waals surface area contributed by atoms with E-state index in [1.165, 1.54) is 6.07 Å². The molecule has 0 saturated carbocycles. The molecular weight excluding hydrogens is 294 g/mol. The molecule has 0 amide bonds. The van der Waals surface area contributed by atoms with Crippen LogP contribution < -0.4 is 5.73 Å². The van der Waals surface area contributed by atoms with Crippen molar-refractivity contribution in [3.63, 3.8) is 0 Å². The van der Waals surface area contributed by atoms with E-state index in [9.17, 15) is 8.42 Å². The minimum absolute atomic E-state index is 0.205. The first-order valence-corrected chi connectivity index (χ1v) is 8.32. The summed E-state index contributed by atoms with van der Waals surface area (Å²) in [7, 11) is -3.62. The molecule has 0 saturated heterocycles. The van der Waals surface area contributed by atoms with E-state index in [0.717, 1.165) is 5.56 Å². The van der Waals surface area contributed by atoms with Gasteiger partial charge < -0.3 is 5.73 Å². The highest BCUT2D eigenvalue weighted by atomic mass is 32.2. The maximum Gasteiger partial charge on any atom is 0.207 e. The third kappa shape index (κ3) is 2.61. The van der Waals surface area contributed by atoms with Crippen molar-refractivity contribution in [3.8, 4) is 11.1 Å². The molecule has 2 N–H and O–H groups in total. The topological polar surface area (TPSA) is 60.2 Å². The van der Waals surface area contributed by atoms with Crippen molar-refractivity contribution in [1.82, 2.24) is 0 Å². The first-order chi connectivity index (χ1) is 10.6. The molecule has 3 aromatic carbocycles. The fraction of sp³-hybridized carbons (Fsp3) is 0. The van der Waals surface area contributed by atoms with Gasteiger partial charge in [-0.15, -0.1) is 0 Å². The highest BCUT2D eigenvalue weighted by molar-refractivity contribution is 7.91. The number of anilines is 1. The Morgan fingerprint density at radius 2 is 1.41 bits per heavy atom. The van der Waals surface area contributed by atoms with Gasteiger partial charge in [-0.2, -0.15) is 0 Å². The maximum absolute atomic E-state index is 12.9. The van der Waals surface area contributed by atoms with Gasteiger partial charge in [0.15, 0.2) is 0 Å². The Morgan fingerprint density at radius 3 is 2.14 bits per heavy atom. The quantitative estimate of drug-likeness (QED) is 0.749. The average Bonchev–Trinajstić information content (AvgIpc) is 2.56. The Hall–Kier alpha value is -2.59. The molecule has 0 radical (unpaired) electrons. The molecule has 3 nitrogen and oxygen atoms in total. The molecule has 0 atom stereocenters. The SMILES string of the molecule is Nc1cccc(S(=O)(=O)c2ccccc2-c2ccccc2)c1. The molecule has 0 fully saturated rings. The lowest BCUT2D eigenvalue weighted by Crippen LogP contribution is -2.04. The third-order valence-corrected chi connectivity index (χ3v) is 5.24. The minimum Gasteiger partial charge on any atom is -0.399 e. The monoisotopic (exact) mass is 309 g/mol. The summed E-state index contributed by atoms with van der Waals surface area (Å²) in [4.78, 5) is 0.489.